The molecule has 2 rings (SSSR count). The first-order chi connectivity index (χ1) is 6.18. The molecule has 0 aliphatic carbocycles. The van der Waals surface area contributed by atoms with Crippen molar-refractivity contribution in [2.75, 3.05) is 13.1 Å². The van der Waals surface area contributed by atoms with Crippen LogP contribution < -0.4 is 0 Å². The lowest BCUT2D eigenvalue weighted by Gasteiger charge is -2.07. The third-order valence-corrected chi connectivity index (χ3v) is 3.16. The summed E-state index contributed by atoms with van der Waals surface area (Å²) >= 11 is 1.26. The normalized spacial score (nSPS) is 24.3. The van der Waals surface area contributed by atoms with Crippen LogP contribution in [0.15, 0.2) is 4.99 Å². The van der Waals surface area contributed by atoms with Gasteiger partial charge < -0.3 is 5.11 Å². The number of hydrogen-bond donors (Lipinski definition) is 1. The van der Waals surface area contributed by atoms with Crippen LogP contribution in [0.5, 0.6) is 0 Å². The fraction of sp³-hybridized carbons (Fsp3) is 0.571. The number of thioether (sulfide) groups is 1. The van der Waals surface area contributed by atoms with Gasteiger partial charge in [-0.15, -0.1) is 12.4 Å². The Kier molecular flexibility index (Phi) is 3.38. The van der Waals surface area contributed by atoms with Gasteiger partial charge in [0.2, 0.25) is 5.91 Å². The van der Waals surface area contributed by atoms with Crippen molar-refractivity contribution >= 4 is 41.2 Å². The molecule has 5 nitrogen and oxygen atoms in total. The third-order valence-electron chi connectivity index (χ3n) is 1.95. The highest BCUT2D eigenvalue weighted by atomic mass is 35.5. The molecule has 1 fully saturated rings. The second-order valence-corrected chi connectivity index (χ2v) is 4.03. The van der Waals surface area contributed by atoms with Gasteiger partial charge in [0, 0.05) is 6.54 Å². The van der Waals surface area contributed by atoms with Gasteiger partial charge in [0.15, 0.2) is 5.17 Å². The molecule has 0 saturated carbocycles. The Morgan fingerprint density at radius 2 is 2.43 bits per heavy atom. The lowest BCUT2D eigenvalue weighted by molar-refractivity contribution is -0.139. The standard InChI is InChI=1S/C7H8N2O3S.ClH/c10-5(11)3-4-6(12)9-2-1-8-7(9)13-4;/h4H,1-3H2,(H,10,11);1H. The second kappa shape index (κ2) is 4.18. The predicted molar refractivity (Wildman–Crippen MR) is 54.9 cm³/mol. The number of fused-ring (bicyclic) bond motifs is 1. The average molecular weight is 237 g/mol. The van der Waals surface area contributed by atoms with Crippen LogP contribution in [0.3, 0.4) is 0 Å². The number of aliphatic imine (C=N–C) groups is 1. The minimum absolute atomic E-state index is 0. The molecule has 0 radical (unpaired) electrons. The van der Waals surface area contributed by atoms with E-state index in [-0.39, 0.29) is 24.7 Å². The lowest BCUT2D eigenvalue weighted by atomic mass is 10.3. The van der Waals surface area contributed by atoms with Crippen LogP contribution >= 0.6 is 24.2 Å². The summed E-state index contributed by atoms with van der Waals surface area (Å²) in [5.41, 5.74) is 0. The molecule has 14 heavy (non-hydrogen) atoms. The van der Waals surface area contributed by atoms with E-state index >= 15 is 0 Å². The zero-order chi connectivity index (χ0) is 9.42. The molecule has 0 aromatic carbocycles. The molecule has 1 unspecified atom stereocenters. The molecule has 2 aliphatic heterocycles. The molecule has 1 amide bonds. The topological polar surface area (TPSA) is 70.0 Å². The summed E-state index contributed by atoms with van der Waals surface area (Å²) < 4.78 is 0. The van der Waals surface area contributed by atoms with Crippen molar-refractivity contribution in [1.29, 1.82) is 0 Å². The Morgan fingerprint density at radius 1 is 1.71 bits per heavy atom. The van der Waals surface area contributed by atoms with E-state index in [1.165, 1.54) is 11.8 Å². The monoisotopic (exact) mass is 236 g/mol. The molecule has 0 aromatic heterocycles. The number of halogens is 1. The maximum Gasteiger partial charge on any atom is 0.305 e. The summed E-state index contributed by atoms with van der Waals surface area (Å²) in [5, 5.41) is 8.76. The van der Waals surface area contributed by atoms with Crippen molar-refractivity contribution in [1.82, 2.24) is 4.90 Å². The van der Waals surface area contributed by atoms with Crippen molar-refractivity contribution in [2.24, 2.45) is 4.99 Å². The van der Waals surface area contributed by atoms with E-state index in [1.807, 2.05) is 0 Å². The van der Waals surface area contributed by atoms with E-state index < -0.39 is 11.2 Å². The molecule has 1 N–H and O–H groups in total. The number of carboxylic acid groups (broad SMARTS) is 1. The second-order valence-electron chi connectivity index (χ2n) is 2.86. The Balaban J connectivity index is 0.000000980. The van der Waals surface area contributed by atoms with Gasteiger partial charge in [-0.3, -0.25) is 19.5 Å². The van der Waals surface area contributed by atoms with Crippen LogP contribution in [0.4, 0.5) is 0 Å². The Morgan fingerprint density at radius 3 is 3.00 bits per heavy atom. The number of hydrogen-bond acceptors (Lipinski definition) is 4. The molecule has 7 heteroatoms. The minimum Gasteiger partial charge on any atom is -0.481 e. The molecule has 1 atom stereocenters. The van der Waals surface area contributed by atoms with Gasteiger partial charge in [-0.05, 0) is 0 Å². The van der Waals surface area contributed by atoms with Crippen molar-refractivity contribution in [3.8, 4) is 0 Å². The summed E-state index contributed by atoms with van der Waals surface area (Å²) in [5.74, 6) is -1.05. The van der Waals surface area contributed by atoms with Crippen molar-refractivity contribution in [3.05, 3.63) is 0 Å². The predicted octanol–water partition coefficient (Wildman–Crippen LogP) is 0.196. The van der Waals surface area contributed by atoms with Crippen LogP contribution in [0.1, 0.15) is 6.42 Å². The van der Waals surface area contributed by atoms with E-state index in [4.69, 9.17) is 5.11 Å². The van der Waals surface area contributed by atoms with Gasteiger partial charge in [-0.1, -0.05) is 11.8 Å². The van der Waals surface area contributed by atoms with Crippen molar-refractivity contribution in [2.45, 2.75) is 11.7 Å². The number of amides is 1. The third kappa shape index (κ3) is 1.85. The van der Waals surface area contributed by atoms with Gasteiger partial charge in [-0.2, -0.15) is 0 Å². The van der Waals surface area contributed by atoms with Gasteiger partial charge >= 0.3 is 5.97 Å². The zero-order valence-electron chi connectivity index (χ0n) is 7.17. The van der Waals surface area contributed by atoms with Gasteiger partial charge in [0.1, 0.15) is 5.25 Å². The minimum atomic E-state index is -0.937. The fourth-order valence-electron chi connectivity index (χ4n) is 1.37. The number of carbonyl (C=O) groups is 2. The molecule has 0 spiro atoms. The van der Waals surface area contributed by atoms with Crippen LogP contribution in [-0.2, 0) is 9.59 Å². The molecule has 2 heterocycles. The number of carbonyl (C=O) groups excluding carboxylic acids is 1. The zero-order valence-corrected chi connectivity index (χ0v) is 8.81. The molecular formula is C7H9ClN2O3S. The van der Waals surface area contributed by atoms with Crippen molar-refractivity contribution < 1.29 is 14.7 Å². The summed E-state index contributed by atoms with van der Waals surface area (Å²) in [6, 6.07) is 0. The van der Waals surface area contributed by atoms with Crippen LogP contribution in [0.25, 0.3) is 0 Å². The summed E-state index contributed by atoms with van der Waals surface area (Å²) in [6.45, 7) is 1.26. The van der Waals surface area contributed by atoms with Gasteiger partial charge in [0.25, 0.3) is 0 Å². The molecule has 2 aliphatic rings. The van der Waals surface area contributed by atoms with E-state index in [2.05, 4.69) is 4.99 Å². The molecule has 0 aromatic rings. The van der Waals surface area contributed by atoms with Crippen LogP contribution in [0, 0.1) is 0 Å². The van der Waals surface area contributed by atoms with Crippen LogP contribution in [0.2, 0.25) is 0 Å². The van der Waals surface area contributed by atoms with Crippen molar-refractivity contribution in [3.63, 3.8) is 0 Å². The maximum absolute atomic E-state index is 11.5. The summed E-state index contributed by atoms with van der Waals surface area (Å²) in [4.78, 5) is 27.5. The van der Waals surface area contributed by atoms with E-state index in [9.17, 15) is 9.59 Å². The maximum atomic E-state index is 11.5. The highest BCUT2D eigenvalue weighted by Crippen LogP contribution is 2.31. The first-order valence-electron chi connectivity index (χ1n) is 3.93. The van der Waals surface area contributed by atoms with E-state index in [0.29, 0.717) is 18.3 Å². The van der Waals surface area contributed by atoms with E-state index in [0.717, 1.165) is 0 Å². The highest BCUT2D eigenvalue weighted by Gasteiger charge is 2.40. The van der Waals surface area contributed by atoms with Gasteiger partial charge in [0.05, 0.1) is 13.0 Å². The highest BCUT2D eigenvalue weighted by molar-refractivity contribution is 8.15. The fourth-order valence-corrected chi connectivity index (χ4v) is 2.55. The number of nitrogens with zero attached hydrogens (tertiary/aromatic N) is 2. The largest absolute Gasteiger partial charge is 0.481 e. The SMILES string of the molecule is Cl.O=C(O)CC1SC2=NCCN2C1=O. The molecule has 1 saturated heterocycles. The molecular weight excluding hydrogens is 228 g/mol. The summed E-state index contributed by atoms with van der Waals surface area (Å²) in [6.07, 6.45) is -0.112. The Hall–Kier alpha value is -0.750. The first kappa shape index (κ1) is 11.3. The Bertz CT molecular complexity index is 307. The quantitative estimate of drug-likeness (QED) is 0.744. The van der Waals surface area contributed by atoms with E-state index in [1.54, 1.807) is 4.90 Å². The number of carboxylic acids is 1. The summed E-state index contributed by atoms with van der Waals surface area (Å²) in [7, 11) is 0. The van der Waals surface area contributed by atoms with Crippen LogP contribution in [-0.4, -0.2) is 45.4 Å². The first-order valence-corrected chi connectivity index (χ1v) is 4.81. The smallest absolute Gasteiger partial charge is 0.305 e. The molecule has 0 bridgehead atoms. The Labute approximate surface area is 91.0 Å². The average Bonchev–Trinajstić information content (AvgIpc) is 2.56. The number of aliphatic carboxylic acids is 1. The number of rotatable bonds is 2. The molecule has 78 valence electrons. The van der Waals surface area contributed by atoms with Gasteiger partial charge in [-0.25, -0.2) is 0 Å². The lowest BCUT2D eigenvalue weighted by Crippen LogP contribution is -2.31. The number of amidine groups is 1.